The molecule has 2 aromatic rings. The van der Waals surface area contributed by atoms with Crippen LogP contribution in [-0.4, -0.2) is 35.3 Å². The Bertz CT molecular complexity index is 729. The molecule has 0 bridgehead atoms. The van der Waals surface area contributed by atoms with E-state index in [4.69, 9.17) is 9.26 Å². The number of hydrogen-bond donors (Lipinski definition) is 1. The van der Waals surface area contributed by atoms with Crippen LogP contribution in [0.15, 0.2) is 33.9 Å². The Hall–Kier alpha value is -1.86. The summed E-state index contributed by atoms with van der Waals surface area (Å²) in [6, 6.07) is 5.48. The fraction of sp³-hybridized carbons (Fsp3) is 0.550. The number of carbonyl (C=O) groups is 1. The van der Waals surface area contributed by atoms with E-state index in [-0.39, 0.29) is 5.91 Å². The summed E-state index contributed by atoms with van der Waals surface area (Å²) in [4.78, 5) is 16.9. The summed E-state index contributed by atoms with van der Waals surface area (Å²) in [5.41, 5.74) is 1.44. The number of carbonyl (C=O) groups excluding carboxylic acids is 1. The van der Waals surface area contributed by atoms with E-state index < -0.39 is 0 Å². The minimum absolute atomic E-state index is 0.0976. The molecule has 2 heterocycles. The van der Waals surface area contributed by atoms with Gasteiger partial charge in [-0.15, -0.1) is 0 Å². The first-order valence-electron chi connectivity index (χ1n) is 9.62. The molecule has 7 heteroatoms. The quantitative estimate of drug-likeness (QED) is 0.513. The number of amides is 1. The SMILES string of the molecule is Cc1cc(CSc2ncccc2C(=O)NCCCOC2CCCCC2)no1. The van der Waals surface area contributed by atoms with Gasteiger partial charge in [0.05, 0.1) is 17.4 Å². The van der Waals surface area contributed by atoms with E-state index >= 15 is 0 Å². The van der Waals surface area contributed by atoms with E-state index in [1.807, 2.05) is 13.0 Å². The monoisotopic (exact) mass is 389 g/mol. The van der Waals surface area contributed by atoms with Gasteiger partial charge in [-0.25, -0.2) is 4.98 Å². The van der Waals surface area contributed by atoms with Crippen molar-refractivity contribution in [2.45, 2.75) is 62.3 Å². The fourth-order valence-electron chi connectivity index (χ4n) is 3.16. The molecule has 1 saturated carbocycles. The maximum absolute atomic E-state index is 12.5. The third-order valence-corrected chi connectivity index (χ3v) is 5.60. The zero-order chi connectivity index (χ0) is 18.9. The summed E-state index contributed by atoms with van der Waals surface area (Å²) in [5.74, 6) is 1.30. The molecule has 0 atom stereocenters. The Labute approximate surface area is 164 Å². The molecule has 1 amide bonds. The zero-order valence-electron chi connectivity index (χ0n) is 15.8. The van der Waals surface area contributed by atoms with E-state index in [1.165, 1.54) is 43.9 Å². The number of aromatic nitrogens is 2. The van der Waals surface area contributed by atoms with Crippen molar-refractivity contribution in [2.75, 3.05) is 13.2 Å². The lowest BCUT2D eigenvalue weighted by Crippen LogP contribution is -2.27. The Morgan fingerprint density at radius 3 is 3.00 bits per heavy atom. The summed E-state index contributed by atoms with van der Waals surface area (Å²) < 4.78 is 11.0. The van der Waals surface area contributed by atoms with Crippen molar-refractivity contribution >= 4 is 17.7 Å². The van der Waals surface area contributed by atoms with Crippen LogP contribution >= 0.6 is 11.8 Å². The molecule has 1 aliphatic rings. The topological polar surface area (TPSA) is 77.2 Å². The minimum atomic E-state index is -0.0976. The van der Waals surface area contributed by atoms with Gasteiger partial charge in [0.1, 0.15) is 10.8 Å². The maximum atomic E-state index is 12.5. The number of aryl methyl sites for hydroxylation is 1. The second kappa shape index (κ2) is 10.5. The summed E-state index contributed by atoms with van der Waals surface area (Å²) in [7, 11) is 0. The first-order chi connectivity index (χ1) is 13.2. The van der Waals surface area contributed by atoms with Crippen LogP contribution in [0.4, 0.5) is 0 Å². The van der Waals surface area contributed by atoms with Gasteiger partial charge in [0, 0.05) is 31.2 Å². The molecule has 1 N–H and O–H groups in total. The van der Waals surface area contributed by atoms with Crippen molar-refractivity contribution in [3.05, 3.63) is 41.4 Å². The lowest BCUT2D eigenvalue weighted by atomic mass is 9.98. The first-order valence-corrected chi connectivity index (χ1v) is 10.6. The molecule has 0 aromatic carbocycles. The van der Waals surface area contributed by atoms with Gasteiger partial charge in [-0.2, -0.15) is 0 Å². The lowest BCUT2D eigenvalue weighted by molar-refractivity contribution is 0.0273. The Balaban J connectivity index is 1.42. The van der Waals surface area contributed by atoms with Crippen molar-refractivity contribution in [3.8, 4) is 0 Å². The van der Waals surface area contributed by atoms with Gasteiger partial charge in [-0.05, 0) is 38.3 Å². The van der Waals surface area contributed by atoms with Gasteiger partial charge in [-0.3, -0.25) is 4.79 Å². The van der Waals surface area contributed by atoms with Crippen LogP contribution in [0, 0.1) is 6.92 Å². The van der Waals surface area contributed by atoms with Gasteiger partial charge >= 0.3 is 0 Å². The summed E-state index contributed by atoms with van der Waals surface area (Å²) in [6.07, 6.45) is 9.16. The second-order valence-corrected chi connectivity index (χ2v) is 7.78. The van der Waals surface area contributed by atoms with Gasteiger partial charge in [0.25, 0.3) is 5.91 Å². The molecule has 0 spiro atoms. The summed E-state index contributed by atoms with van der Waals surface area (Å²) >= 11 is 1.49. The van der Waals surface area contributed by atoms with Gasteiger partial charge in [0.15, 0.2) is 0 Å². The molecule has 0 aliphatic heterocycles. The highest BCUT2D eigenvalue weighted by molar-refractivity contribution is 7.98. The van der Waals surface area contributed by atoms with Crippen molar-refractivity contribution in [1.29, 1.82) is 0 Å². The second-order valence-electron chi connectivity index (χ2n) is 6.81. The maximum Gasteiger partial charge on any atom is 0.254 e. The smallest absolute Gasteiger partial charge is 0.254 e. The normalized spacial score (nSPS) is 15.0. The molecule has 1 aliphatic carbocycles. The highest BCUT2D eigenvalue weighted by atomic mass is 32.2. The van der Waals surface area contributed by atoms with E-state index in [2.05, 4.69) is 15.5 Å². The van der Waals surface area contributed by atoms with Crippen LogP contribution in [0.3, 0.4) is 0 Å². The van der Waals surface area contributed by atoms with E-state index in [1.54, 1.807) is 18.3 Å². The molecule has 0 unspecified atom stereocenters. The van der Waals surface area contributed by atoms with Crippen LogP contribution < -0.4 is 5.32 Å². The van der Waals surface area contributed by atoms with Crippen LogP contribution in [0.25, 0.3) is 0 Å². The van der Waals surface area contributed by atoms with Crippen LogP contribution in [0.2, 0.25) is 0 Å². The number of nitrogens with one attached hydrogen (secondary N) is 1. The average Bonchev–Trinajstić information content (AvgIpc) is 3.12. The molecule has 0 radical (unpaired) electrons. The van der Waals surface area contributed by atoms with Crippen LogP contribution in [0.5, 0.6) is 0 Å². The van der Waals surface area contributed by atoms with Crippen molar-refractivity contribution < 1.29 is 14.1 Å². The molecule has 27 heavy (non-hydrogen) atoms. The van der Waals surface area contributed by atoms with Gasteiger partial charge < -0.3 is 14.6 Å². The number of nitrogens with zero attached hydrogens (tertiary/aromatic N) is 2. The average molecular weight is 390 g/mol. The number of hydrogen-bond acceptors (Lipinski definition) is 6. The fourth-order valence-corrected chi connectivity index (χ4v) is 4.03. The highest BCUT2D eigenvalue weighted by Gasteiger charge is 2.15. The number of pyridine rings is 1. The molecule has 1 fully saturated rings. The Morgan fingerprint density at radius 1 is 1.37 bits per heavy atom. The standard InChI is InChI=1S/C20H27N3O3S/c1-15-13-16(23-26-15)14-27-20-18(9-5-10-22-20)19(24)21-11-6-12-25-17-7-3-2-4-8-17/h5,9-10,13,17H,2-4,6-8,11-12,14H2,1H3,(H,21,24). The third-order valence-electron chi connectivity index (χ3n) is 4.56. The molecule has 146 valence electrons. The number of thioether (sulfide) groups is 1. The zero-order valence-corrected chi connectivity index (χ0v) is 16.6. The molecule has 6 nitrogen and oxygen atoms in total. The van der Waals surface area contributed by atoms with E-state index in [0.717, 1.165) is 17.9 Å². The largest absolute Gasteiger partial charge is 0.378 e. The first kappa shape index (κ1) is 19.9. The van der Waals surface area contributed by atoms with Crippen LogP contribution in [0.1, 0.15) is 60.3 Å². The number of ether oxygens (including phenoxy) is 1. The number of rotatable bonds is 9. The summed E-state index contributed by atoms with van der Waals surface area (Å²) in [5, 5.41) is 7.65. The predicted octanol–water partition coefficient (Wildman–Crippen LogP) is 4.14. The predicted molar refractivity (Wildman–Crippen MR) is 105 cm³/mol. The molecule has 0 saturated heterocycles. The van der Waals surface area contributed by atoms with E-state index in [9.17, 15) is 4.79 Å². The minimum Gasteiger partial charge on any atom is -0.378 e. The van der Waals surface area contributed by atoms with Crippen molar-refractivity contribution in [3.63, 3.8) is 0 Å². The van der Waals surface area contributed by atoms with Gasteiger partial charge in [-0.1, -0.05) is 36.2 Å². The molecular formula is C20H27N3O3S. The van der Waals surface area contributed by atoms with Crippen LogP contribution in [-0.2, 0) is 10.5 Å². The van der Waals surface area contributed by atoms with Gasteiger partial charge in [0.2, 0.25) is 0 Å². The molecular weight excluding hydrogens is 362 g/mol. The third kappa shape index (κ3) is 6.36. The van der Waals surface area contributed by atoms with Crippen molar-refractivity contribution in [2.24, 2.45) is 0 Å². The highest BCUT2D eigenvalue weighted by Crippen LogP contribution is 2.24. The Kier molecular flexibility index (Phi) is 7.71. The van der Waals surface area contributed by atoms with E-state index in [0.29, 0.717) is 35.6 Å². The van der Waals surface area contributed by atoms with Crippen molar-refractivity contribution in [1.82, 2.24) is 15.5 Å². The summed E-state index contributed by atoms with van der Waals surface area (Å²) in [6.45, 7) is 3.16. The molecule has 3 rings (SSSR count). The lowest BCUT2D eigenvalue weighted by Gasteiger charge is -2.21. The Morgan fingerprint density at radius 2 is 2.22 bits per heavy atom. The molecule has 2 aromatic heterocycles.